The number of pyridine rings is 1. The van der Waals surface area contributed by atoms with Crippen molar-refractivity contribution in [2.75, 3.05) is 18.0 Å². The zero-order valence-corrected chi connectivity index (χ0v) is 10.9. The summed E-state index contributed by atoms with van der Waals surface area (Å²) in [5, 5.41) is 11.8. The summed E-state index contributed by atoms with van der Waals surface area (Å²) in [5.74, 6) is 0.991. The summed E-state index contributed by atoms with van der Waals surface area (Å²) in [6.45, 7) is 3.64. The number of anilines is 1. The van der Waals surface area contributed by atoms with Gasteiger partial charge in [0.25, 0.3) is 0 Å². The molecule has 2 saturated heterocycles. The van der Waals surface area contributed by atoms with E-state index in [2.05, 4.69) is 15.0 Å². The number of rotatable bonds is 2. The maximum Gasteiger partial charge on any atom is 0.170 e. The molecule has 0 amide bonds. The summed E-state index contributed by atoms with van der Waals surface area (Å²) in [6, 6.07) is 3.68. The molecule has 6 heteroatoms. The minimum absolute atomic E-state index is 0.114. The molecular formula is C13H18N4O2. The van der Waals surface area contributed by atoms with Crippen molar-refractivity contribution >= 4 is 11.7 Å². The van der Waals surface area contributed by atoms with Crippen LogP contribution in [0.4, 0.5) is 5.82 Å². The van der Waals surface area contributed by atoms with E-state index in [1.807, 2.05) is 19.1 Å². The molecular weight excluding hydrogens is 244 g/mol. The molecule has 2 aliphatic heterocycles. The predicted molar refractivity (Wildman–Crippen MR) is 71.6 cm³/mol. The van der Waals surface area contributed by atoms with Gasteiger partial charge in [0.2, 0.25) is 0 Å². The van der Waals surface area contributed by atoms with Crippen LogP contribution < -0.4 is 10.6 Å². The first kappa shape index (κ1) is 12.2. The number of fused-ring (bicyclic) bond motifs is 2. The third-order valence-electron chi connectivity index (χ3n) is 3.71. The van der Waals surface area contributed by atoms with E-state index in [1.54, 1.807) is 0 Å². The molecule has 2 aliphatic rings. The second-order valence-corrected chi connectivity index (χ2v) is 5.20. The molecule has 19 heavy (non-hydrogen) atoms. The molecule has 0 saturated carbocycles. The molecule has 0 radical (unpaired) electrons. The number of amidine groups is 1. The number of nitrogens with zero attached hydrogens (tertiary/aromatic N) is 3. The normalized spacial score (nSPS) is 26.8. The van der Waals surface area contributed by atoms with E-state index in [4.69, 9.17) is 15.7 Å². The average Bonchev–Trinajstić information content (AvgIpc) is 2.75. The largest absolute Gasteiger partial charge is 0.409 e. The van der Waals surface area contributed by atoms with E-state index < -0.39 is 0 Å². The fourth-order valence-corrected chi connectivity index (χ4v) is 2.82. The second-order valence-electron chi connectivity index (χ2n) is 5.20. The first-order valence-electron chi connectivity index (χ1n) is 6.52. The minimum Gasteiger partial charge on any atom is -0.409 e. The highest BCUT2D eigenvalue weighted by Gasteiger charge is 2.34. The van der Waals surface area contributed by atoms with Gasteiger partial charge >= 0.3 is 0 Å². The van der Waals surface area contributed by atoms with Crippen LogP contribution in [0, 0.1) is 6.92 Å². The fourth-order valence-electron chi connectivity index (χ4n) is 2.82. The molecule has 3 rings (SSSR count). The van der Waals surface area contributed by atoms with E-state index in [9.17, 15) is 0 Å². The quantitative estimate of drug-likeness (QED) is 0.357. The van der Waals surface area contributed by atoms with Crippen molar-refractivity contribution in [1.29, 1.82) is 0 Å². The van der Waals surface area contributed by atoms with E-state index in [0.717, 1.165) is 37.4 Å². The Morgan fingerprint density at radius 1 is 1.42 bits per heavy atom. The number of ether oxygens (including phenoxy) is 1. The van der Waals surface area contributed by atoms with E-state index in [-0.39, 0.29) is 5.84 Å². The van der Waals surface area contributed by atoms with E-state index >= 15 is 0 Å². The average molecular weight is 262 g/mol. The summed E-state index contributed by atoms with van der Waals surface area (Å²) in [6.07, 6.45) is 2.88. The Balaban J connectivity index is 1.90. The van der Waals surface area contributed by atoms with Gasteiger partial charge in [-0.2, -0.15) is 0 Å². The molecule has 0 spiro atoms. The van der Waals surface area contributed by atoms with Crippen molar-refractivity contribution in [2.45, 2.75) is 32.0 Å². The van der Waals surface area contributed by atoms with Crippen molar-refractivity contribution < 1.29 is 9.94 Å². The van der Waals surface area contributed by atoms with Gasteiger partial charge in [-0.05, 0) is 31.9 Å². The number of hydrogen-bond donors (Lipinski definition) is 2. The molecule has 0 aliphatic carbocycles. The van der Waals surface area contributed by atoms with Crippen LogP contribution in [0.25, 0.3) is 0 Å². The monoisotopic (exact) mass is 262 g/mol. The van der Waals surface area contributed by atoms with Gasteiger partial charge in [0.05, 0.1) is 12.2 Å². The molecule has 2 unspecified atom stereocenters. The van der Waals surface area contributed by atoms with Crippen molar-refractivity contribution in [2.24, 2.45) is 10.9 Å². The van der Waals surface area contributed by atoms with Gasteiger partial charge in [0.15, 0.2) is 5.84 Å². The van der Waals surface area contributed by atoms with Gasteiger partial charge in [-0.1, -0.05) is 5.16 Å². The number of aromatic nitrogens is 1. The highest BCUT2D eigenvalue weighted by atomic mass is 16.5. The summed E-state index contributed by atoms with van der Waals surface area (Å²) < 4.78 is 5.82. The van der Waals surface area contributed by atoms with Crippen LogP contribution in [0.3, 0.4) is 0 Å². The van der Waals surface area contributed by atoms with Crippen LogP contribution in [-0.4, -0.2) is 41.3 Å². The van der Waals surface area contributed by atoms with Gasteiger partial charge in [0, 0.05) is 24.3 Å². The molecule has 0 aromatic carbocycles. The van der Waals surface area contributed by atoms with Crippen molar-refractivity contribution in [3.8, 4) is 0 Å². The molecule has 2 bridgehead atoms. The van der Waals surface area contributed by atoms with Crippen LogP contribution >= 0.6 is 0 Å². The Bertz CT molecular complexity index is 505. The van der Waals surface area contributed by atoms with E-state index in [1.165, 1.54) is 0 Å². The first-order chi connectivity index (χ1) is 9.15. The molecule has 1 aromatic heterocycles. The van der Waals surface area contributed by atoms with Gasteiger partial charge in [0.1, 0.15) is 5.82 Å². The highest BCUT2D eigenvalue weighted by Crippen LogP contribution is 2.29. The molecule has 3 N–H and O–H groups in total. The zero-order chi connectivity index (χ0) is 13.4. The smallest absolute Gasteiger partial charge is 0.170 e. The van der Waals surface area contributed by atoms with Crippen molar-refractivity contribution in [3.05, 3.63) is 23.4 Å². The third-order valence-corrected chi connectivity index (χ3v) is 3.71. The van der Waals surface area contributed by atoms with Crippen LogP contribution in [0.15, 0.2) is 17.3 Å². The summed E-state index contributed by atoms with van der Waals surface area (Å²) >= 11 is 0. The van der Waals surface area contributed by atoms with Crippen LogP contribution in [0.5, 0.6) is 0 Å². The lowest BCUT2D eigenvalue weighted by atomic mass is 10.2. The summed E-state index contributed by atoms with van der Waals surface area (Å²) in [7, 11) is 0. The Kier molecular flexibility index (Phi) is 3.02. The fraction of sp³-hybridized carbons (Fsp3) is 0.538. The Labute approximate surface area is 111 Å². The molecule has 102 valence electrons. The lowest BCUT2D eigenvalue weighted by Gasteiger charge is -2.33. The lowest BCUT2D eigenvalue weighted by Crippen LogP contribution is -2.43. The van der Waals surface area contributed by atoms with Gasteiger partial charge in [-0.25, -0.2) is 4.98 Å². The van der Waals surface area contributed by atoms with Crippen molar-refractivity contribution in [3.63, 3.8) is 0 Å². The zero-order valence-electron chi connectivity index (χ0n) is 10.9. The number of hydrogen-bond acceptors (Lipinski definition) is 5. The minimum atomic E-state index is 0.114. The summed E-state index contributed by atoms with van der Waals surface area (Å²) in [5.41, 5.74) is 7.21. The topological polar surface area (TPSA) is 84.0 Å². The number of oxime groups is 1. The Morgan fingerprint density at radius 2 is 2.11 bits per heavy atom. The molecule has 1 aromatic rings. The molecule has 2 atom stereocenters. The standard InChI is InChI=1S/C13H18N4O2/c1-8-4-9(13(14)16-18)5-12(15-8)17-6-10-2-3-11(7-17)19-10/h4-5,10-11,18H,2-3,6-7H2,1H3,(H2,14,16). The molecule has 3 heterocycles. The Hall–Kier alpha value is -1.82. The van der Waals surface area contributed by atoms with Gasteiger partial charge in [-0.15, -0.1) is 0 Å². The first-order valence-corrected chi connectivity index (χ1v) is 6.52. The Morgan fingerprint density at radius 3 is 2.74 bits per heavy atom. The molecule has 6 nitrogen and oxygen atoms in total. The lowest BCUT2D eigenvalue weighted by molar-refractivity contribution is 0.0302. The SMILES string of the molecule is Cc1cc(/C(N)=N/O)cc(N2CC3CCC(C2)O3)n1. The van der Waals surface area contributed by atoms with Gasteiger partial charge < -0.3 is 20.6 Å². The number of morpholine rings is 1. The third kappa shape index (κ3) is 2.35. The van der Waals surface area contributed by atoms with Crippen LogP contribution in [0.2, 0.25) is 0 Å². The van der Waals surface area contributed by atoms with Gasteiger partial charge in [-0.3, -0.25) is 0 Å². The van der Waals surface area contributed by atoms with E-state index in [0.29, 0.717) is 17.8 Å². The number of nitrogens with two attached hydrogens (primary N) is 1. The van der Waals surface area contributed by atoms with Crippen LogP contribution in [-0.2, 0) is 4.74 Å². The van der Waals surface area contributed by atoms with Crippen molar-refractivity contribution in [1.82, 2.24) is 4.98 Å². The molecule has 2 fully saturated rings. The van der Waals surface area contributed by atoms with Crippen LogP contribution in [0.1, 0.15) is 24.1 Å². The predicted octanol–water partition coefficient (Wildman–Crippen LogP) is 0.852. The maximum atomic E-state index is 8.78. The second kappa shape index (κ2) is 4.70. The number of aryl methyl sites for hydroxylation is 1. The maximum absolute atomic E-state index is 8.78. The summed E-state index contributed by atoms with van der Waals surface area (Å²) in [4.78, 5) is 6.78. The highest BCUT2D eigenvalue weighted by molar-refractivity contribution is 5.97.